The van der Waals surface area contributed by atoms with E-state index < -0.39 is 23.1 Å². The fraction of sp³-hybridized carbons (Fsp3) is 0.0435. The van der Waals surface area contributed by atoms with Crippen LogP contribution in [0, 0.1) is 5.82 Å². The van der Waals surface area contributed by atoms with Crippen molar-refractivity contribution in [3.8, 4) is 5.69 Å². The summed E-state index contributed by atoms with van der Waals surface area (Å²) < 4.78 is 53.8. The molecule has 0 bridgehead atoms. The standard InChI is InChI=1S/C23H14F4N2O/c24-17-11-8-15(9-12-17)10-13-21-28-20-7-2-1-6-19(20)22(30)29(21)18-5-3-4-16(14-18)23(25,26)27/h1-14H/b13-10-. The Kier molecular flexibility index (Phi) is 4.95. The van der Waals surface area contributed by atoms with E-state index in [1.807, 2.05) is 0 Å². The van der Waals surface area contributed by atoms with Gasteiger partial charge in [-0.3, -0.25) is 9.36 Å². The van der Waals surface area contributed by atoms with E-state index in [9.17, 15) is 22.4 Å². The molecular formula is C23H14F4N2O. The SMILES string of the molecule is O=c1c2ccccc2nc(/C=C\c2ccc(F)cc2)n1-c1cccc(C(F)(F)F)c1. The molecule has 1 heterocycles. The molecular weight excluding hydrogens is 396 g/mol. The molecule has 0 spiro atoms. The molecule has 0 fully saturated rings. The summed E-state index contributed by atoms with van der Waals surface area (Å²) in [4.78, 5) is 17.6. The number of hydrogen-bond acceptors (Lipinski definition) is 2. The highest BCUT2D eigenvalue weighted by molar-refractivity contribution is 5.80. The summed E-state index contributed by atoms with van der Waals surface area (Å²) in [5.41, 5.74) is -0.238. The second kappa shape index (κ2) is 7.59. The number of halogens is 4. The minimum Gasteiger partial charge on any atom is -0.268 e. The molecule has 3 aromatic carbocycles. The molecule has 30 heavy (non-hydrogen) atoms. The largest absolute Gasteiger partial charge is 0.416 e. The van der Waals surface area contributed by atoms with Gasteiger partial charge in [0.15, 0.2) is 0 Å². The first-order valence-electron chi connectivity index (χ1n) is 8.96. The quantitative estimate of drug-likeness (QED) is 0.405. The zero-order valence-corrected chi connectivity index (χ0v) is 15.4. The van der Waals surface area contributed by atoms with Crippen LogP contribution in [0.1, 0.15) is 17.0 Å². The number of fused-ring (bicyclic) bond motifs is 1. The second-order valence-corrected chi connectivity index (χ2v) is 6.56. The highest BCUT2D eigenvalue weighted by Gasteiger charge is 2.30. The lowest BCUT2D eigenvalue weighted by Crippen LogP contribution is -2.22. The van der Waals surface area contributed by atoms with Crippen LogP contribution in [0.2, 0.25) is 0 Å². The van der Waals surface area contributed by atoms with Crippen LogP contribution in [0.4, 0.5) is 17.6 Å². The summed E-state index contributed by atoms with van der Waals surface area (Å²) in [6.45, 7) is 0. The summed E-state index contributed by atoms with van der Waals surface area (Å²) >= 11 is 0. The molecule has 4 aromatic rings. The number of rotatable bonds is 3. The highest BCUT2D eigenvalue weighted by Crippen LogP contribution is 2.30. The lowest BCUT2D eigenvalue weighted by molar-refractivity contribution is -0.137. The van der Waals surface area contributed by atoms with Crippen molar-refractivity contribution in [2.75, 3.05) is 0 Å². The van der Waals surface area contributed by atoms with E-state index in [0.717, 1.165) is 16.7 Å². The van der Waals surface area contributed by atoms with Crippen LogP contribution in [-0.2, 0) is 6.18 Å². The first-order chi connectivity index (χ1) is 14.3. The zero-order valence-electron chi connectivity index (χ0n) is 15.4. The predicted octanol–water partition coefficient (Wildman–Crippen LogP) is 5.71. The Bertz CT molecular complexity index is 1310. The second-order valence-electron chi connectivity index (χ2n) is 6.56. The zero-order chi connectivity index (χ0) is 21.3. The molecule has 3 nitrogen and oxygen atoms in total. The average molecular weight is 410 g/mol. The van der Waals surface area contributed by atoms with E-state index in [2.05, 4.69) is 4.98 Å². The Labute approximate surface area is 168 Å². The van der Waals surface area contributed by atoms with Crippen molar-refractivity contribution in [3.63, 3.8) is 0 Å². The van der Waals surface area contributed by atoms with Crippen molar-refractivity contribution >= 4 is 23.1 Å². The van der Waals surface area contributed by atoms with Crippen LogP contribution in [0.5, 0.6) is 0 Å². The van der Waals surface area contributed by atoms with E-state index >= 15 is 0 Å². The van der Waals surface area contributed by atoms with Crippen molar-refractivity contribution in [3.05, 3.63) is 106 Å². The van der Waals surface area contributed by atoms with Gasteiger partial charge in [0.1, 0.15) is 11.6 Å². The minimum absolute atomic E-state index is 0.0480. The average Bonchev–Trinajstić information content (AvgIpc) is 2.73. The number of benzene rings is 3. The molecule has 0 aliphatic heterocycles. The van der Waals surface area contributed by atoms with Crippen LogP contribution in [0.3, 0.4) is 0 Å². The molecule has 150 valence electrons. The Balaban J connectivity index is 1.93. The third kappa shape index (κ3) is 3.87. The van der Waals surface area contributed by atoms with Crippen molar-refractivity contribution in [2.45, 2.75) is 6.18 Å². The molecule has 0 N–H and O–H groups in total. The van der Waals surface area contributed by atoms with Crippen molar-refractivity contribution in [2.24, 2.45) is 0 Å². The Hall–Kier alpha value is -3.74. The summed E-state index contributed by atoms with van der Waals surface area (Å²) in [6.07, 6.45) is -1.42. The number of hydrogen-bond donors (Lipinski definition) is 0. The normalized spacial score (nSPS) is 12.0. The Morgan fingerprint density at radius 2 is 1.60 bits per heavy atom. The van der Waals surface area contributed by atoms with Gasteiger partial charge in [-0.05, 0) is 54.1 Å². The molecule has 0 amide bonds. The van der Waals surface area contributed by atoms with Gasteiger partial charge in [0.2, 0.25) is 0 Å². The fourth-order valence-electron chi connectivity index (χ4n) is 3.08. The molecule has 0 aliphatic rings. The monoisotopic (exact) mass is 410 g/mol. The first kappa shape index (κ1) is 19.6. The van der Waals surface area contributed by atoms with E-state index in [0.29, 0.717) is 11.1 Å². The van der Waals surface area contributed by atoms with E-state index in [1.165, 1.54) is 30.3 Å². The molecule has 0 saturated heterocycles. The summed E-state index contributed by atoms with van der Waals surface area (Å²) in [5.74, 6) is -0.237. The molecule has 0 atom stereocenters. The van der Waals surface area contributed by atoms with Crippen molar-refractivity contribution in [1.29, 1.82) is 0 Å². The minimum atomic E-state index is -4.55. The highest BCUT2D eigenvalue weighted by atomic mass is 19.4. The van der Waals surface area contributed by atoms with Crippen LogP contribution in [0.15, 0.2) is 77.6 Å². The first-order valence-corrected chi connectivity index (χ1v) is 8.96. The Morgan fingerprint density at radius 3 is 2.33 bits per heavy atom. The third-order valence-electron chi connectivity index (χ3n) is 4.53. The summed E-state index contributed by atoms with van der Waals surface area (Å²) in [7, 11) is 0. The molecule has 0 unspecified atom stereocenters. The molecule has 0 aliphatic carbocycles. The maximum atomic E-state index is 13.2. The predicted molar refractivity (Wildman–Crippen MR) is 108 cm³/mol. The molecule has 0 saturated carbocycles. The van der Waals surface area contributed by atoms with Gasteiger partial charge >= 0.3 is 6.18 Å². The van der Waals surface area contributed by atoms with Gasteiger partial charge < -0.3 is 0 Å². The van der Waals surface area contributed by atoms with E-state index in [-0.39, 0.29) is 16.9 Å². The lowest BCUT2D eigenvalue weighted by atomic mass is 10.1. The van der Waals surface area contributed by atoms with Crippen LogP contribution < -0.4 is 5.56 Å². The molecule has 0 radical (unpaired) electrons. The van der Waals surface area contributed by atoms with Gasteiger partial charge in [0.05, 0.1) is 22.2 Å². The summed E-state index contributed by atoms with van der Waals surface area (Å²) in [5, 5.41) is 0.286. The van der Waals surface area contributed by atoms with Crippen LogP contribution >= 0.6 is 0 Å². The van der Waals surface area contributed by atoms with Crippen molar-refractivity contribution < 1.29 is 17.6 Å². The van der Waals surface area contributed by atoms with Crippen LogP contribution in [0.25, 0.3) is 28.7 Å². The smallest absolute Gasteiger partial charge is 0.268 e. The van der Waals surface area contributed by atoms with E-state index in [4.69, 9.17) is 0 Å². The van der Waals surface area contributed by atoms with Gasteiger partial charge in [-0.15, -0.1) is 0 Å². The maximum Gasteiger partial charge on any atom is 0.416 e. The fourth-order valence-corrected chi connectivity index (χ4v) is 3.08. The molecule has 7 heteroatoms. The molecule has 1 aromatic heterocycles. The van der Waals surface area contributed by atoms with Gasteiger partial charge in [-0.25, -0.2) is 9.37 Å². The van der Waals surface area contributed by atoms with E-state index in [1.54, 1.807) is 42.5 Å². The summed E-state index contributed by atoms with van der Waals surface area (Å²) in [6, 6.07) is 16.8. The van der Waals surface area contributed by atoms with Gasteiger partial charge in [-0.2, -0.15) is 13.2 Å². The van der Waals surface area contributed by atoms with Gasteiger partial charge in [0, 0.05) is 0 Å². The topological polar surface area (TPSA) is 34.9 Å². The number of nitrogens with zero attached hydrogens (tertiary/aromatic N) is 2. The number of alkyl halides is 3. The van der Waals surface area contributed by atoms with Gasteiger partial charge in [-0.1, -0.05) is 36.4 Å². The third-order valence-corrected chi connectivity index (χ3v) is 4.53. The maximum absolute atomic E-state index is 13.2. The van der Waals surface area contributed by atoms with Crippen LogP contribution in [-0.4, -0.2) is 9.55 Å². The Morgan fingerprint density at radius 1 is 0.867 bits per heavy atom. The van der Waals surface area contributed by atoms with Crippen molar-refractivity contribution in [1.82, 2.24) is 9.55 Å². The number of aromatic nitrogens is 2. The number of para-hydroxylation sites is 1. The molecule has 4 rings (SSSR count). The lowest BCUT2D eigenvalue weighted by Gasteiger charge is -2.13. The van der Waals surface area contributed by atoms with Gasteiger partial charge in [0.25, 0.3) is 5.56 Å².